The van der Waals surface area contributed by atoms with Gasteiger partial charge < -0.3 is 19.3 Å². The molecule has 0 heterocycles. The third kappa shape index (κ3) is 3.40. The van der Waals surface area contributed by atoms with E-state index in [2.05, 4.69) is 6.58 Å². The van der Waals surface area contributed by atoms with E-state index in [9.17, 15) is 0 Å². The summed E-state index contributed by atoms with van der Waals surface area (Å²) in [5.74, 6) is 1.62. The standard InChI is InChI=1S/C14H20O4/c1-5-10(2)9-18-14-12(16-3)6-11(8-15)7-13(14)17-4/h6-7,15H,2,5,8-9H2,1,3-4H3. The normalized spacial score (nSPS) is 10.0. The summed E-state index contributed by atoms with van der Waals surface area (Å²) in [5.41, 5.74) is 1.70. The highest BCUT2D eigenvalue weighted by molar-refractivity contribution is 5.53. The van der Waals surface area contributed by atoms with E-state index in [4.69, 9.17) is 19.3 Å². The second-order valence-corrected chi connectivity index (χ2v) is 3.88. The summed E-state index contributed by atoms with van der Waals surface area (Å²) in [5, 5.41) is 9.16. The van der Waals surface area contributed by atoms with Crippen molar-refractivity contribution in [3.8, 4) is 17.2 Å². The fraction of sp³-hybridized carbons (Fsp3) is 0.429. The van der Waals surface area contributed by atoms with Crippen LogP contribution in [0, 0.1) is 0 Å². The van der Waals surface area contributed by atoms with Gasteiger partial charge in [0.05, 0.1) is 20.8 Å². The first-order chi connectivity index (χ1) is 8.65. The number of ether oxygens (including phenoxy) is 3. The molecule has 4 heteroatoms. The van der Waals surface area contributed by atoms with Crippen molar-refractivity contribution < 1.29 is 19.3 Å². The zero-order valence-electron chi connectivity index (χ0n) is 11.2. The van der Waals surface area contributed by atoms with Gasteiger partial charge in [-0.15, -0.1) is 0 Å². The minimum Gasteiger partial charge on any atom is -0.493 e. The van der Waals surface area contributed by atoms with Crippen LogP contribution < -0.4 is 14.2 Å². The molecular weight excluding hydrogens is 232 g/mol. The fourth-order valence-corrected chi connectivity index (χ4v) is 1.44. The van der Waals surface area contributed by atoms with E-state index < -0.39 is 0 Å². The number of methoxy groups -OCH3 is 2. The zero-order valence-corrected chi connectivity index (χ0v) is 11.2. The summed E-state index contributed by atoms with van der Waals surface area (Å²) < 4.78 is 16.2. The Labute approximate surface area is 108 Å². The lowest BCUT2D eigenvalue weighted by Crippen LogP contribution is -2.04. The Morgan fingerprint density at radius 2 is 1.78 bits per heavy atom. The molecule has 0 radical (unpaired) electrons. The average Bonchev–Trinajstić information content (AvgIpc) is 2.43. The maximum Gasteiger partial charge on any atom is 0.203 e. The first-order valence-electron chi connectivity index (χ1n) is 5.81. The second kappa shape index (κ2) is 6.91. The van der Waals surface area contributed by atoms with E-state index in [1.165, 1.54) is 0 Å². The van der Waals surface area contributed by atoms with E-state index in [0.29, 0.717) is 29.4 Å². The Bertz CT molecular complexity index is 387. The first kappa shape index (κ1) is 14.4. The molecule has 0 aliphatic heterocycles. The van der Waals surface area contributed by atoms with Gasteiger partial charge in [0.25, 0.3) is 0 Å². The summed E-state index contributed by atoms with van der Waals surface area (Å²) in [4.78, 5) is 0. The van der Waals surface area contributed by atoms with Gasteiger partial charge in [0, 0.05) is 0 Å². The van der Waals surface area contributed by atoms with Crippen LogP contribution in [0.25, 0.3) is 0 Å². The maximum absolute atomic E-state index is 9.16. The van der Waals surface area contributed by atoms with Gasteiger partial charge in [-0.05, 0) is 29.7 Å². The number of aliphatic hydroxyl groups excluding tert-OH is 1. The Balaban J connectivity index is 3.03. The highest BCUT2D eigenvalue weighted by Crippen LogP contribution is 2.38. The summed E-state index contributed by atoms with van der Waals surface area (Å²) in [6.45, 7) is 6.25. The van der Waals surface area contributed by atoms with E-state index in [-0.39, 0.29) is 6.61 Å². The number of benzene rings is 1. The Morgan fingerprint density at radius 1 is 1.22 bits per heavy atom. The predicted octanol–water partition coefficient (Wildman–Crippen LogP) is 2.54. The molecule has 0 atom stereocenters. The van der Waals surface area contributed by atoms with Crippen molar-refractivity contribution in [3.05, 3.63) is 29.8 Å². The minimum absolute atomic E-state index is 0.0747. The van der Waals surface area contributed by atoms with Crippen molar-refractivity contribution in [2.45, 2.75) is 20.0 Å². The van der Waals surface area contributed by atoms with Gasteiger partial charge in [-0.2, -0.15) is 0 Å². The molecule has 0 unspecified atom stereocenters. The fourth-order valence-electron chi connectivity index (χ4n) is 1.44. The number of rotatable bonds is 7. The van der Waals surface area contributed by atoms with Crippen LogP contribution in [0.5, 0.6) is 17.2 Å². The molecule has 0 aromatic heterocycles. The summed E-state index contributed by atoms with van der Waals surface area (Å²) in [6.07, 6.45) is 0.860. The SMILES string of the molecule is C=C(CC)COc1c(OC)cc(CO)cc1OC. The van der Waals surface area contributed by atoms with Gasteiger partial charge in [-0.25, -0.2) is 0 Å². The lowest BCUT2D eigenvalue weighted by Gasteiger charge is -2.16. The van der Waals surface area contributed by atoms with Crippen LogP contribution in [-0.4, -0.2) is 25.9 Å². The third-order valence-corrected chi connectivity index (χ3v) is 2.62. The van der Waals surface area contributed by atoms with Crippen molar-refractivity contribution in [3.63, 3.8) is 0 Å². The van der Waals surface area contributed by atoms with Crippen LogP contribution in [0.3, 0.4) is 0 Å². The van der Waals surface area contributed by atoms with E-state index in [1.807, 2.05) is 6.92 Å². The van der Waals surface area contributed by atoms with Crippen molar-refractivity contribution in [1.82, 2.24) is 0 Å². The largest absolute Gasteiger partial charge is 0.493 e. The molecule has 0 spiro atoms. The molecule has 1 aromatic carbocycles. The molecular formula is C14H20O4. The number of hydrogen-bond donors (Lipinski definition) is 1. The maximum atomic E-state index is 9.16. The van der Waals surface area contributed by atoms with Crippen LogP contribution in [0.15, 0.2) is 24.3 Å². The summed E-state index contributed by atoms with van der Waals surface area (Å²) in [6, 6.07) is 3.46. The molecule has 0 amide bonds. The lowest BCUT2D eigenvalue weighted by atomic mass is 10.2. The van der Waals surface area contributed by atoms with Gasteiger partial charge in [0.15, 0.2) is 11.5 Å². The van der Waals surface area contributed by atoms with E-state index in [0.717, 1.165) is 12.0 Å². The van der Waals surface area contributed by atoms with Crippen molar-refractivity contribution in [2.75, 3.05) is 20.8 Å². The van der Waals surface area contributed by atoms with Crippen molar-refractivity contribution >= 4 is 0 Å². The minimum atomic E-state index is -0.0747. The van der Waals surface area contributed by atoms with Gasteiger partial charge in [0.2, 0.25) is 5.75 Å². The first-order valence-corrected chi connectivity index (χ1v) is 5.81. The van der Waals surface area contributed by atoms with Crippen LogP contribution in [0.2, 0.25) is 0 Å². The molecule has 0 bridgehead atoms. The molecule has 18 heavy (non-hydrogen) atoms. The average molecular weight is 252 g/mol. The summed E-state index contributed by atoms with van der Waals surface area (Å²) >= 11 is 0. The Kier molecular flexibility index (Phi) is 5.52. The number of hydrogen-bond acceptors (Lipinski definition) is 4. The quantitative estimate of drug-likeness (QED) is 0.758. The Morgan fingerprint density at radius 3 is 2.17 bits per heavy atom. The molecule has 1 N–H and O–H groups in total. The topological polar surface area (TPSA) is 47.9 Å². The third-order valence-electron chi connectivity index (χ3n) is 2.62. The van der Waals surface area contributed by atoms with Gasteiger partial charge in [-0.1, -0.05) is 13.5 Å². The Hall–Kier alpha value is -1.68. The zero-order chi connectivity index (χ0) is 13.5. The molecule has 100 valence electrons. The van der Waals surface area contributed by atoms with Crippen LogP contribution in [0.4, 0.5) is 0 Å². The molecule has 0 aliphatic carbocycles. The van der Waals surface area contributed by atoms with Crippen LogP contribution in [0.1, 0.15) is 18.9 Å². The number of aliphatic hydroxyl groups is 1. The smallest absolute Gasteiger partial charge is 0.203 e. The molecule has 0 aliphatic rings. The highest BCUT2D eigenvalue weighted by atomic mass is 16.5. The molecule has 1 aromatic rings. The van der Waals surface area contributed by atoms with Crippen molar-refractivity contribution in [2.24, 2.45) is 0 Å². The van der Waals surface area contributed by atoms with E-state index in [1.54, 1.807) is 26.4 Å². The molecule has 0 saturated heterocycles. The predicted molar refractivity (Wildman–Crippen MR) is 70.4 cm³/mol. The summed E-state index contributed by atoms with van der Waals surface area (Å²) in [7, 11) is 3.11. The van der Waals surface area contributed by atoms with Gasteiger partial charge in [0.1, 0.15) is 6.61 Å². The van der Waals surface area contributed by atoms with E-state index >= 15 is 0 Å². The van der Waals surface area contributed by atoms with Gasteiger partial charge in [-0.3, -0.25) is 0 Å². The monoisotopic (exact) mass is 252 g/mol. The molecule has 4 nitrogen and oxygen atoms in total. The highest BCUT2D eigenvalue weighted by Gasteiger charge is 2.14. The van der Waals surface area contributed by atoms with Crippen LogP contribution >= 0.6 is 0 Å². The second-order valence-electron chi connectivity index (χ2n) is 3.88. The van der Waals surface area contributed by atoms with Crippen LogP contribution in [-0.2, 0) is 6.61 Å². The molecule has 0 fully saturated rings. The molecule has 0 saturated carbocycles. The van der Waals surface area contributed by atoms with Crippen molar-refractivity contribution in [1.29, 1.82) is 0 Å². The van der Waals surface area contributed by atoms with Gasteiger partial charge >= 0.3 is 0 Å². The lowest BCUT2D eigenvalue weighted by molar-refractivity contribution is 0.273. The molecule has 1 rings (SSSR count).